The molecule has 0 saturated heterocycles. The lowest BCUT2D eigenvalue weighted by molar-refractivity contribution is -0.128. The third-order valence-corrected chi connectivity index (χ3v) is 5.03. The van der Waals surface area contributed by atoms with Gasteiger partial charge in [0.1, 0.15) is 11.6 Å². The van der Waals surface area contributed by atoms with Gasteiger partial charge in [0.25, 0.3) is 5.91 Å². The molecule has 2 rings (SSSR count). The predicted molar refractivity (Wildman–Crippen MR) is 93.7 cm³/mol. The second-order valence-corrected chi connectivity index (χ2v) is 7.32. The summed E-state index contributed by atoms with van der Waals surface area (Å²) < 4.78 is 18.6. The van der Waals surface area contributed by atoms with Crippen LogP contribution in [-0.2, 0) is 15.3 Å². The molecule has 2 amide bonds. The van der Waals surface area contributed by atoms with Crippen molar-refractivity contribution in [3.05, 3.63) is 51.4 Å². The van der Waals surface area contributed by atoms with Crippen LogP contribution in [0.1, 0.15) is 4.88 Å². The summed E-state index contributed by atoms with van der Waals surface area (Å²) in [5, 5.41) is 0. The third-order valence-electron chi connectivity index (χ3n) is 2.63. The minimum absolute atomic E-state index is 0.203. The van der Waals surface area contributed by atoms with Crippen molar-refractivity contribution in [1.82, 2.24) is 10.9 Å². The zero-order chi connectivity index (χ0) is 17.4. The van der Waals surface area contributed by atoms with Gasteiger partial charge in [0.05, 0.1) is 10.1 Å². The van der Waals surface area contributed by atoms with Crippen molar-refractivity contribution in [3.63, 3.8) is 0 Å². The summed E-state index contributed by atoms with van der Waals surface area (Å²) in [7, 11) is 0. The molecule has 0 radical (unpaired) electrons. The first kappa shape index (κ1) is 18.6. The van der Waals surface area contributed by atoms with Crippen LogP contribution in [0.25, 0.3) is 0 Å². The Labute approximate surface area is 151 Å². The number of ether oxygens (including phenoxy) is 1. The molecule has 1 aromatic heterocycles. The zero-order valence-corrected chi connectivity index (χ0v) is 14.8. The first-order valence-corrected chi connectivity index (χ1v) is 9.16. The lowest BCUT2D eigenvalue weighted by Gasteiger charge is -2.08. The second-order valence-electron chi connectivity index (χ2n) is 4.54. The number of hydrazine groups is 1. The molecule has 128 valence electrons. The number of rotatable bonds is 7. The second kappa shape index (κ2) is 9.51. The number of thiophene rings is 1. The van der Waals surface area contributed by atoms with Gasteiger partial charge in [-0.05, 0) is 36.4 Å². The fourth-order valence-electron chi connectivity index (χ4n) is 1.56. The first-order valence-electron chi connectivity index (χ1n) is 6.81. The first-order chi connectivity index (χ1) is 11.5. The topological polar surface area (TPSA) is 67.4 Å². The fraction of sp³-hybridized carbons (Fsp3) is 0.200. The van der Waals surface area contributed by atoms with Crippen LogP contribution in [0.5, 0.6) is 5.75 Å². The van der Waals surface area contributed by atoms with Crippen molar-refractivity contribution in [2.24, 2.45) is 0 Å². The Bertz CT molecular complexity index is 694. The molecular weight excluding hydrogens is 375 g/mol. The Kier molecular flexibility index (Phi) is 7.36. The van der Waals surface area contributed by atoms with Crippen molar-refractivity contribution in [1.29, 1.82) is 0 Å². The molecular formula is C15H14ClFN2O3S2. The molecule has 9 heteroatoms. The zero-order valence-electron chi connectivity index (χ0n) is 12.4. The largest absolute Gasteiger partial charge is 0.484 e. The smallest absolute Gasteiger partial charge is 0.276 e. The normalized spacial score (nSPS) is 10.2. The molecule has 0 saturated carbocycles. The molecule has 24 heavy (non-hydrogen) atoms. The maximum atomic E-state index is 12.7. The van der Waals surface area contributed by atoms with Gasteiger partial charge < -0.3 is 4.74 Å². The number of benzene rings is 1. The van der Waals surface area contributed by atoms with Crippen LogP contribution in [0.3, 0.4) is 0 Å². The molecule has 0 aliphatic carbocycles. The summed E-state index contributed by atoms with van der Waals surface area (Å²) in [6.07, 6.45) is 0. The number of amides is 2. The van der Waals surface area contributed by atoms with Crippen LogP contribution in [0.15, 0.2) is 36.4 Å². The Hall–Kier alpha value is -1.77. The van der Waals surface area contributed by atoms with Crippen molar-refractivity contribution in [2.45, 2.75) is 5.75 Å². The maximum Gasteiger partial charge on any atom is 0.276 e. The highest BCUT2D eigenvalue weighted by atomic mass is 35.5. The summed E-state index contributed by atoms with van der Waals surface area (Å²) in [5.74, 6) is 0.0195. The lowest BCUT2D eigenvalue weighted by atomic mass is 10.3. The number of halogens is 2. The van der Waals surface area contributed by atoms with Gasteiger partial charge in [-0.25, -0.2) is 4.39 Å². The molecule has 0 spiro atoms. The quantitative estimate of drug-likeness (QED) is 0.715. The van der Waals surface area contributed by atoms with E-state index >= 15 is 0 Å². The molecule has 0 bridgehead atoms. The van der Waals surface area contributed by atoms with Crippen LogP contribution >= 0.6 is 34.7 Å². The number of carbonyl (C=O) groups excluding carboxylic acids is 2. The van der Waals surface area contributed by atoms with Gasteiger partial charge in [0.15, 0.2) is 6.61 Å². The summed E-state index contributed by atoms with van der Waals surface area (Å²) in [6, 6.07) is 9.00. The van der Waals surface area contributed by atoms with E-state index < -0.39 is 5.91 Å². The minimum Gasteiger partial charge on any atom is -0.484 e. The van der Waals surface area contributed by atoms with Crippen LogP contribution < -0.4 is 15.6 Å². The number of nitrogens with one attached hydrogen (secondary N) is 2. The monoisotopic (exact) mass is 388 g/mol. The van der Waals surface area contributed by atoms with Crippen molar-refractivity contribution in [3.8, 4) is 5.75 Å². The lowest BCUT2D eigenvalue weighted by Crippen LogP contribution is -2.44. The maximum absolute atomic E-state index is 12.7. The number of thioether (sulfide) groups is 1. The molecule has 2 N–H and O–H groups in total. The van der Waals surface area contributed by atoms with Crippen molar-refractivity contribution in [2.75, 3.05) is 12.4 Å². The summed E-state index contributed by atoms with van der Waals surface area (Å²) >= 11 is 8.70. The van der Waals surface area contributed by atoms with Gasteiger partial charge in [-0.1, -0.05) is 11.6 Å². The third kappa shape index (κ3) is 6.77. The molecule has 2 aromatic rings. The van der Waals surface area contributed by atoms with E-state index in [0.717, 1.165) is 4.88 Å². The fourth-order valence-corrected chi connectivity index (χ4v) is 3.59. The van der Waals surface area contributed by atoms with Gasteiger partial charge in [0, 0.05) is 10.6 Å². The standard InChI is InChI=1S/C15H14ClFN2O3S2/c16-13-6-5-12(24-13)8-23-9-15(21)19-18-14(20)7-22-11-3-1-10(17)2-4-11/h1-6H,7-9H2,(H,18,20)(H,19,21). The van der Waals surface area contributed by atoms with E-state index in [0.29, 0.717) is 15.8 Å². The molecule has 5 nitrogen and oxygen atoms in total. The van der Waals surface area contributed by atoms with Crippen LogP contribution in [0, 0.1) is 5.82 Å². The summed E-state index contributed by atoms with van der Waals surface area (Å²) in [5.41, 5.74) is 4.54. The predicted octanol–water partition coefficient (Wildman–Crippen LogP) is 3.00. The van der Waals surface area contributed by atoms with E-state index in [-0.39, 0.29) is 24.1 Å². The van der Waals surface area contributed by atoms with Crippen molar-refractivity contribution < 1.29 is 18.7 Å². The average Bonchev–Trinajstić information content (AvgIpc) is 2.98. The number of hydrogen-bond acceptors (Lipinski definition) is 5. The van der Waals surface area contributed by atoms with E-state index in [4.69, 9.17) is 16.3 Å². The van der Waals surface area contributed by atoms with Gasteiger partial charge in [0.2, 0.25) is 5.91 Å². The summed E-state index contributed by atoms with van der Waals surface area (Å²) in [4.78, 5) is 24.2. The molecule has 1 aromatic carbocycles. The Morgan fingerprint density at radius 3 is 2.50 bits per heavy atom. The van der Waals surface area contributed by atoms with E-state index in [1.807, 2.05) is 12.1 Å². The Balaban J connectivity index is 1.58. The highest BCUT2D eigenvalue weighted by Gasteiger charge is 2.07. The van der Waals surface area contributed by atoms with Crippen LogP contribution in [0.2, 0.25) is 4.34 Å². The summed E-state index contributed by atoms with van der Waals surface area (Å²) in [6.45, 7) is -0.285. The molecule has 0 aliphatic rings. The van der Waals surface area contributed by atoms with E-state index in [2.05, 4.69) is 10.9 Å². The number of hydrogen-bond donors (Lipinski definition) is 2. The van der Waals surface area contributed by atoms with E-state index in [9.17, 15) is 14.0 Å². The highest BCUT2D eigenvalue weighted by molar-refractivity contribution is 7.99. The van der Waals surface area contributed by atoms with Crippen LogP contribution in [-0.4, -0.2) is 24.2 Å². The average molecular weight is 389 g/mol. The Morgan fingerprint density at radius 1 is 1.12 bits per heavy atom. The van der Waals surface area contributed by atoms with Gasteiger partial charge in [-0.2, -0.15) is 0 Å². The molecule has 0 unspecified atom stereocenters. The highest BCUT2D eigenvalue weighted by Crippen LogP contribution is 2.24. The minimum atomic E-state index is -0.511. The van der Waals surface area contributed by atoms with Gasteiger partial charge in [-0.3, -0.25) is 20.4 Å². The van der Waals surface area contributed by atoms with Gasteiger partial charge >= 0.3 is 0 Å². The molecule has 0 fully saturated rings. The molecule has 1 heterocycles. The van der Waals surface area contributed by atoms with Crippen molar-refractivity contribution >= 4 is 46.5 Å². The molecule has 0 aliphatic heterocycles. The number of carbonyl (C=O) groups is 2. The van der Waals surface area contributed by atoms with Gasteiger partial charge in [-0.15, -0.1) is 23.1 Å². The molecule has 0 atom stereocenters. The Morgan fingerprint density at radius 2 is 1.83 bits per heavy atom. The SMILES string of the molecule is O=C(COc1ccc(F)cc1)NNC(=O)CSCc1ccc(Cl)s1. The van der Waals surface area contributed by atoms with E-state index in [1.165, 1.54) is 47.4 Å². The van der Waals surface area contributed by atoms with E-state index in [1.54, 1.807) is 0 Å². The van der Waals surface area contributed by atoms with Crippen LogP contribution in [0.4, 0.5) is 4.39 Å².